The molecule has 8 heteroatoms. The Morgan fingerprint density at radius 2 is 2.13 bits per heavy atom. The summed E-state index contributed by atoms with van der Waals surface area (Å²) in [6, 6.07) is 0. The molecule has 3 heterocycles. The van der Waals surface area contributed by atoms with Gasteiger partial charge in [0.05, 0.1) is 17.8 Å². The Morgan fingerprint density at radius 1 is 1.39 bits per heavy atom. The van der Waals surface area contributed by atoms with Gasteiger partial charge in [-0.2, -0.15) is 0 Å². The first kappa shape index (κ1) is 15.4. The number of carbonyl (C=O) groups is 1. The van der Waals surface area contributed by atoms with E-state index in [0.29, 0.717) is 12.3 Å². The molecule has 3 aromatic heterocycles. The molecule has 1 N–H and O–H groups in total. The number of nitrogens with one attached hydrogen (secondary N) is 1. The Balaban J connectivity index is 1.93. The first-order valence-corrected chi connectivity index (χ1v) is 7.86. The van der Waals surface area contributed by atoms with E-state index in [2.05, 4.69) is 15.3 Å². The van der Waals surface area contributed by atoms with Crippen molar-refractivity contribution in [3.8, 4) is 0 Å². The number of hydrogen-bond acceptors (Lipinski definition) is 6. The SMILES string of the molecule is Cc1nc(CNC(=O)c2c(C)oc3ncn(C)c(=O)c23)sc1C. The van der Waals surface area contributed by atoms with Crippen LogP contribution in [-0.2, 0) is 13.6 Å². The Labute approximate surface area is 136 Å². The molecule has 3 aromatic rings. The smallest absolute Gasteiger partial charge is 0.265 e. The van der Waals surface area contributed by atoms with E-state index in [1.54, 1.807) is 14.0 Å². The Bertz CT molecular complexity index is 948. The molecule has 0 saturated carbocycles. The van der Waals surface area contributed by atoms with Crippen LogP contribution in [0.5, 0.6) is 0 Å². The van der Waals surface area contributed by atoms with Crippen molar-refractivity contribution >= 4 is 28.3 Å². The summed E-state index contributed by atoms with van der Waals surface area (Å²) in [7, 11) is 1.58. The Morgan fingerprint density at radius 3 is 2.78 bits per heavy atom. The number of nitrogens with zero attached hydrogens (tertiary/aromatic N) is 3. The average molecular weight is 332 g/mol. The van der Waals surface area contributed by atoms with Crippen LogP contribution >= 0.6 is 11.3 Å². The van der Waals surface area contributed by atoms with Crippen LogP contribution < -0.4 is 10.9 Å². The molecule has 0 bridgehead atoms. The van der Waals surface area contributed by atoms with Crippen molar-refractivity contribution in [2.75, 3.05) is 0 Å². The van der Waals surface area contributed by atoms with E-state index in [0.717, 1.165) is 15.6 Å². The van der Waals surface area contributed by atoms with E-state index in [1.807, 2.05) is 13.8 Å². The largest absolute Gasteiger partial charge is 0.442 e. The maximum absolute atomic E-state index is 12.5. The lowest BCUT2D eigenvalue weighted by atomic mass is 10.2. The van der Waals surface area contributed by atoms with E-state index in [9.17, 15) is 9.59 Å². The molecular formula is C15H16N4O3S. The molecule has 3 rings (SSSR count). The van der Waals surface area contributed by atoms with Crippen molar-refractivity contribution in [1.29, 1.82) is 0 Å². The highest BCUT2D eigenvalue weighted by molar-refractivity contribution is 7.11. The molecule has 1 amide bonds. The van der Waals surface area contributed by atoms with Crippen LogP contribution in [0.2, 0.25) is 0 Å². The molecule has 23 heavy (non-hydrogen) atoms. The number of aromatic nitrogens is 3. The quantitative estimate of drug-likeness (QED) is 0.790. The summed E-state index contributed by atoms with van der Waals surface area (Å²) in [4.78, 5) is 34.3. The van der Waals surface area contributed by atoms with Crippen molar-refractivity contribution in [2.45, 2.75) is 27.3 Å². The third-order valence-electron chi connectivity index (χ3n) is 3.65. The summed E-state index contributed by atoms with van der Waals surface area (Å²) in [6.07, 6.45) is 1.37. The summed E-state index contributed by atoms with van der Waals surface area (Å²) in [5, 5.41) is 3.82. The van der Waals surface area contributed by atoms with Gasteiger partial charge in [0.25, 0.3) is 11.5 Å². The van der Waals surface area contributed by atoms with Crippen LogP contribution in [0.4, 0.5) is 0 Å². The maximum Gasteiger partial charge on any atom is 0.265 e. The second-order valence-electron chi connectivity index (χ2n) is 5.31. The molecule has 7 nitrogen and oxygen atoms in total. The summed E-state index contributed by atoms with van der Waals surface area (Å²) in [5.74, 6) is 0.0108. The minimum atomic E-state index is -0.364. The first-order valence-electron chi connectivity index (χ1n) is 7.04. The Kier molecular flexibility index (Phi) is 3.77. The van der Waals surface area contributed by atoms with Gasteiger partial charge in [-0.25, -0.2) is 9.97 Å². The molecule has 0 spiro atoms. The van der Waals surface area contributed by atoms with Crippen molar-refractivity contribution < 1.29 is 9.21 Å². The van der Waals surface area contributed by atoms with Gasteiger partial charge in [-0.05, 0) is 20.8 Å². The van der Waals surface area contributed by atoms with E-state index in [-0.39, 0.29) is 28.1 Å². The van der Waals surface area contributed by atoms with Gasteiger partial charge in [0.1, 0.15) is 22.5 Å². The molecule has 0 aliphatic heterocycles. The highest BCUT2D eigenvalue weighted by Gasteiger charge is 2.22. The predicted molar refractivity (Wildman–Crippen MR) is 86.7 cm³/mol. The zero-order chi connectivity index (χ0) is 16.7. The van der Waals surface area contributed by atoms with Gasteiger partial charge in [0, 0.05) is 11.9 Å². The lowest BCUT2D eigenvalue weighted by Gasteiger charge is -2.02. The van der Waals surface area contributed by atoms with Crippen LogP contribution in [0.3, 0.4) is 0 Å². The zero-order valence-electron chi connectivity index (χ0n) is 13.3. The van der Waals surface area contributed by atoms with E-state index in [1.165, 1.54) is 22.2 Å². The molecule has 0 radical (unpaired) electrons. The number of thiazole rings is 1. The third-order valence-corrected chi connectivity index (χ3v) is 4.72. The van der Waals surface area contributed by atoms with Crippen LogP contribution in [0.15, 0.2) is 15.5 Å². The van der Waals surface area contributed by atoms with Crippen LogP contribution in [0.25, 0.3) is 11.1 Å². The molecule has 0 saturated heterocycles. The topological polar surface area (TPSA) is 90.0 Å². The van der Waals surface area contributed by atoms with Crippen molar-refractivity contribution in [1.82, 2.24) is 19.9 Å². The van der Waals surface area contributed by atoms with Gasteiger partial charge >= 0.3 is 0 Å². The fourth-order valence-corrected chi connectivity index (χ4v) is 3.19. The fraction of sp³-hybridized carbons (Fsp3) is 0.333. The molecule has 0 aliphatic carbocycles. The monoisotopic (exact) mass is 332 g/mol. The van der Waals surface area contributed by atoms with Crippen LogP contribution in [-0.4, -0.2) is 20.4 Å². The Hall–Kier alpha value is -2.48. The third kappa shape index (κ3) is 2.65. The van der Waals surface area contributed by atoms with Crippen molar-refractivity contribution in [3.63, 3.8) is 0 Å². The molecule has 0 atom stereocenters. The van der Waals surface area contributed by atoms with Gasteiger partial charge in [-0.1, -0.05) is 0 Å². The predicted octanol–water partition coefficient (Wildman–Crippen LogP) is 1.84. The van der Waals surface area contributed by atoms with Crippen LogP contribution in [0, 0.1) is 20.8 Å². The lowest BCUT2D eigenvalue weighted by molar-refractivity contribution is 0.0950. The second kappa shape index (κ2) is 5.62. The second-order valence-corrected chi connectivity index (χ2v) is 6.59. The van der Waals surface area contributed by atoms with Gasteiger partial charge in [0.2, 0.25) is 5.71 Å². The van der Waals surface area contributed by atoms with E-state index in [4.69, 9.17) is 4.42 Å². The number of aryl methyl sites for hydroxylation is 4. The van der Waals surface area contributed by atoms with Crippen LogP contribution in [0.1, 0.15) is 31.7 Å². The van der Waals surface area contributed by atoms with E-state index >= 15 is 0 Å². The number of fused-ring (bicyclic) bond motifs is 1. The minimum Gasteiger partial charge on any atom is -0.442 e. The normalized spacial score (nSPS) is 11.1. The van der Waals surface area contributed by atoms with Gasteiger partial charge < -0.3 is 14.3 Å². The van der Waals surface area contributed by atoms with Crippen molar-refractivity contribution in [2.24, 2.45) is 7.05 Å². The maximum atomic E-state index is 12.5. The summed E-state index contributed by atoms with van der Waals surface area (Å²) < 4.78 is 6.75. The molecule has 0 aromatic carbocycles. The van der Waals surface area contributed by atoms with Gasteiger partial charge in [-0.15, -0.1) is 11.3 Å². The lowest BCUT2D eigenvalue weighted by Crippen LogP contribution is -2.25. The number of rotatable bonds is 3. The molecule has 0 fully saturated rings. The van der Waals surface area contributed by atoms with Gasteiger partial charge in [-0.3, -0.25) is 9.59 Å². The number of carbonyl (C=O) groups excluding carboxylic acids is 1. The van der Waals surface area contributed by atoms with E-state index < -0.39 is 0 Å². The summed E-state index contributed by atoms with van der Waals surface area (Å²) in [5.41, 5.74) is 1.07. The van der Waals surface area contributed by atoms with Crippen molar-refractivity contribution in [3.05, 3.63) is 43.6 Å². The van der Waals surface area contributed by atoms with Gasteiger partial charge in [0.15, 0.2) is 0 Å². The average Bonchev–Trinajstić information content (AvgIpc) is 3.00. The molecule has 0 unspecified atom stereocenters. The minimum absolute atomic E-state index is 0.177. The fourth-order valence-electron chi connectivity index (χ4n) is 2.32. The molecular weight excluding hydrogens is 316 g/mol. The summed E-state index contributed by atoms with van der Waals surface area (Å²) in [6.45, 7) is 5.88. The number of hydrogen-bond donors (Lipinski definition) is 1. The highest BCUT2D eigenvalue weighted by Crippen LogP contribution is 2.21. The highest BCUT2D eigenvalue weighted by atomic mass is 32.1. The first-order chi connectivity index (χ1) is 10.9. The molecule has 120 valence electrons. The number of furan rings is 1. The standard InChI is InChI=1S/C15H16N4O3S/c1-7-9(3)23-10(18-7)5-16-13(20)11-8(2)22-14-12(11)15(21)19(4)6-17-14/h6H,5H2,1-4H3,(H,16,20). The zero-order valence-corrected chi connectivity index (χ0v) is 14.1. The molecule has 0 aliphatic rings. The number of amides is 1. The summed E-state index contributed by atoms with van der Waals surface area (Å²) >= 11 is 1.54.